The quantitative estimate of drug-likeness (QED) is 0.823. The Morgan fingerprint density at radius 3 is 2.77 bits per heavy atom. The van der Waals surface area contributed by atoms with Crippen molar-refractivity contribution in [2.75, 3.05) is 11.4 Å². The van der Waals surface area contributed by atoms with Crippen LogP contribution in [-0.2, 0) is 6.42 Å². The number of anilines is 1. The predicted octanol–water partition coefficient (Wildman–Crippen LogP) is 4.10. The Hall–Kier alpha value is -2.57. The number of aryl methyl sites for hydroxylation is 2. The Morgan fingerprint density at radius 2 is 2.08 bits per heavy atom. The number of alkyl halides is 2. The molecule has 1 aliphatic rings. The largest absolute Gasteiger partial charge is 0.435 e. The number of hydrogen-bond acceptors (Lipinski definition) is 4. The van der Waals surface area contributed by atoms with Gasteiger partial charge in [-0.15, -0.1) is 0 Å². The number of ether oxygens (including phenoxy) is 1. The zero-order valence-corrected chi connectivity index (χ0v) is 15.0. The molecule has 5 nitrogen and oxygen atoms in total. The average molecular weight is 361 g/mol. The number of nitrogens with zero attached hydrogens (tertiary/aromatic N) is 3. The van der Waals surface area contributed by atoms with Gasteiger partial charge in [-0.25, -0.2) is 9.97 Å². The summed E-state index contributed by atoms with van der Waals surface area (Å²) in [5.74, 6) is 0.645. The summed E-state index contributed by atoms with van der Waals surface area (Å²) in [4.78, 5) is 23.4. The van der Waals surface area contributed by atoms with Crippen LogP contribution >= 0.6 is 0 Å². The summed E-state index contributed by atoms with van der Waals surface area (Å²) in [7, 11) is 0. The fraction of sp³-hybridized carbons (Fsp3) is 0.421. The van der Waals surface area contributed by atoms with Crippen molar-refractivity contribution >= 4 is 11.6 Å². The van der Waals surface area contributed by atoms with Crippen LogP contribution in [0, 0.1) is 6.92 Å². The molecule has 1 aliphatic heterocycles. The average Bonchev–Trinajstić information content (AvgIpc) is 2.59. The summed E-state index contributed by atoms with van der Waals surface area (Å²) >= 11 is 0. The van der Waals surface area contributed by atoms with Gasteiger partial charge in [-0.3, -0.25) is 4.79 Å². The van der Waals surface area contributed by atoms with Crippen LogP contribution in [0.1, 0.15) is 53.6 Å². The molecule has 0 saturated carbocycles. The molecule has 1 aromatic heterocycles. The maximum Gasteiger partial charge on any atom is 0.387 e. The van der Waals surface area contributed by atoms with Gasteiger partial charge in [-0.05, 0) is 49.4 Å². The first kappa shape index (κ1) is 18.2. The van der Waals surface area contributed by atoms with Crippen LogP contribution in [-0.4, -0.2) is 29.0 Å². The van der Waals surface area contributed by atoms with Gasteiger partial charge in [-0.1, -0.05) is 13.8 Å². The number of amides is 1. The van der Waals surface area contributed by atoms with E-state index in [9.17, 15) is 13.6 Å². The van der Waals surface area contributed by atoms with Gasteiger partial charge in [0.2, 0.25) is 0 Å². The lowest BCUT2D eigenvalue weighted by Gasteiger charge is -2.30. The van der Waals surface area contributed by atoms with E-state index in [1.54, 1.807) is 30.2 Å². The molecule has 2 heterocycles. The van der Waals surface area contributed by atoms with E-state index in [-0.39, 0.29) is 17.6 Å². The molecule has 3 rings (SSSR count). The highest BCUT2D eigenvalue weighted by Gasteiger charge is 2.27. The fourth-order valence-corrected chi connectivity index (χ4v) is 3.20. The molecule has 0 unspecified atom stereocenters. The zero-order chi connectivity index (χ0) is 18.8. The van der Waals surface area contributed by atoms with Crippen molar-refractivity contribution < 1.29 is 18.3 Å². The minimum absolute atomic E-state index is 0.0849. The van der Waals surface area contributed by atoms with E-state index in [1.165, 1.54) is 6.07 Å². The number of fused-ring (bicyclic) bond motifs is 1. The number of halogens is 2. The minimum atomic E-state index is -2.87. The third-order valence-corrected chi connectivity index (χ3v) is 4.36. The standard InChI is InChI=1S/C19H21F2N3O2/c1-11(2)17-15(10-22-12(3)23-17)18(25)24-8-4-5-13-9-14(26-19(20)21)6-7-16(13)24/h6-7,9-11,19H,4-5,8H2,1-3H3. The Balaban J connectivity index is 1.96. The van der Waals surface area contributed by atoms with E-state index in [4.69, 9.17) is 0 Å². The number of carbonyl (C=O) groups excluding carboxylic acids is 1. The van der Waals surface area contributed by atoms with Crippen LogP contribution in [0.3, 0.4) is 0 Å². The van der Waals surface area contributed by atoms with Crippen molar-refractivity contribution in [3.63, 3.8) is 0 Å². The highest BCUT2D eigenvalue weighted by Crippen LogP contribution is 2.32. The van der Waals surface area contributed by atoms with E-state index in [0.29, 0.717) is 30.0 Å². The van der Waals surface area contributed by atoms with Gasteiger partial charge in [0.05, 0.1) is 11.3 Å². The third-order valence-electron chi connectivity index (χ3n) is 4.36. The molecule has 2 aromatic rings. The van der Waals surface area contributed by atoms with Crippen molar-refractivity contribution in [3.8, 4) is 5.75 Å². The second kappa shape index (κ2) is 7.35. The molecule has 0 aliphatic carbocycles. The first-order valence-electron chi connectivity index (χ1n) is 8.60. The molecular weight excluding hydrogens is 340 g/mol. The molecule has 0 saturated heterocycles. The van der Waals surface area contributed by atoms with Gasteiger partial charge in [0.15, 0.2) is 0 Å². The highest BCUT2D eigenvalue weighted by atomic mass is 19.3. The van der Waals surface area contributed by atoms with E-state index in [2.05, 4.69) is 14.7 Å². The smallest absolute Gasteiger partial charge is 0.387 e. The van der Waals surface area contributed by atoms with Crippen LogP contribution in [0.25, 0.3) is 0 Å². The van der Waals surface area contributed by atoms with Crippen molar-refractivity contribution in [1.29, 1.82) is 0 Å². The highest BCUT2D eigenvalue weighted by molar-refractivity contribution is 6.07. The summed E-state index contributed by atoms with van der Waals surface area (Å²) in [6.45, 7) is 3.45. The SMILES string of the molecule is Cc1ncc(C(=O)N2CCCc3cc(OC(F)F)ccc32)c(C(C)C)n1. The van der Waals surface area contributed by atoms with E-state index in [1.807, 2.05) is 13.8 Å². The van der Waals surface area contributed by atoms with E-state index >= 15 is 0 Å². The van der Waals surface area contributed by atoms with Crippen molar-refractivity contribution in [1.82, 2.24) is 9.97 Å². The third kappa shape index (κ3) is 3.66. The van der Waals surface area contributed by atoms with Gasteiger partial charge >= 0.3 is 6.61 Å². The molecule has 26 heavy (non-hydrogen) atoms. The normalized spacial score (nSPS) is 13.9. The minimum Gasteiger partial charge on any atom is -0.435 e. The van der Waals surface area contributed by atoms with Crippen molar-refractivity contribution in [2.45, 2.75) is 46.1 Å². The molecule has 0 spiro atoms. The van der Waals surface area contributed by atoms with Crippen LogP contribution in [0.2, 0.25) is 0 Å². The van der Waals surface area contributed by atoms with Crippen LogP contribution in [0.4, 0.5) is 14.5 Å². The molecule has 7 heteroatoms. The Bertz CT molecular complexity index is 824. The summed E-state index contributed by atoms with van der Waals surface area (Å²) in [6.07, 6.45) is 3.03. The number of benzene rings is 1. The monoisotopic (exact) mass is 361 g/mol. The summed E-state index contributed by atoms with van der Waals surface area (Å²) in [6, 6.07) is 4.70. The Kier molecular flexibility index (Phi) is 5.15. The number of hydrogen-bond donors (Lipinski definition) is 0. The van der Waals surface area contributed by atoms with Crippen LogP contribution in [0.5, 0.6) is 5.75 Å². The topological polar surface area (TPSA) is 55.3 Å². The molecule has 1 aromatic carbocycles. The molecule has 0 N–H and O–H groups in total. The lowest BCUT2D eigenvalue weighted by Crippen LogP contribution is -2.36. The van der Waals surface area contributed by atoms with Crippen molar-refractivity contribution in [3.05, 3.63) is 47.0 Å². The summed E-state index contributed by atoms with van der Waals surface area (Å²) in [5, 5.41) is 0. The van der Waals surface area contributed by atoms with Gasteiger partial charge in [0.1, 0.15) is 11.6 Å². The van der Waals surface area contributed by atoms with Crippen LogP contribution in [0.15, 0.2) is 24.4 Å². The number of rotatable bonds is 4. The van der Waals surface area contributed by atoms with Gasteiger partial charge in [0.25, 0.3) is 5.91 Å². The van der Waals surface area contributed by atoms with Crippen molar-refractivity contribution in [2.24, 2.45) is 0 Å². The van der Waals surface area contributed by atoms with E-state index < -0.39 is 6.61 Å². The second-order valence-electron chi connectivity index (χ2n) is 6.60. The van der Waals surface area contributed by atoms with Gasteiger partial charge in [-0.2, -0.15) is 8.78 Å². The first-order chi connectivity index (χ1) is 12.4. The number of carbonyl (C=O) groups is 1. The maximum absolute atomic E-state index is 13.2. The molecular formula is C19H21F2N3O2. The van der Waals surface area contributed by atoms with Crippen LogP contribution < -0.4 is 9.64 Å². The second-order valence-corrected chi connectivity index (χ2v) is 6.60. The maximum atomic E-state index is 13.2. The first-order valence-corrected chi connectivity index (χ1v) is 8.60. The zero-order valence-electron chi connectivity index (χ0n) is 15.0. The molecule has 0 atom stereocenters. The summed E-state index contributed by atoms with van der Waals surface area (Å²) in [5.41, 5.74) is 2.73. The predicted molar refractivity (Wildman–Crippen MR) is 93.9 cm³/mol. The van der Waals surface area contributed by atoms with E-state index in [0.717, 1.165) is 17.7 Å². The van der Waals surface area contributed by atoms with Gasteiger partial charge < -0.3 is 9.64 Å². The van der Waals surface area contributed by atoms with Gasteiger partial charge in [0, 0.05) is 18.4 Å². The molecule has 138 valence electrons. The fourth-order valence-electron chi connectivity index (χ4n) is 3.20. The lowest BCUT2D eigenvalue weighted by atomic mass is 9.99. The Morgan fingerprint density at radius 1 is 1.31 bits per heavy atom. The molecule has 0 radical (unpaired) electrons. The molecule has 0 fully saturated rings. The summed E-state index contributed by atoms with van der Waals surface area (Å²) < 4.78 is 29.3. The Labute approximate surface area is 151 Å². The molecule has 0 bridgehead atoms. The molecule has 1 amide bonds. The number of aromatic nitrogens is 2. The lowest BCUT2D eigenvalue weighted by molar-refractivity contribution is -0.0498.